The highest BCUT2D eigenvalue weighted by atomic mass is 35.5. The minimum absolute atomic E-state index is 0.628. The Bertz CT molecular complexity index is 462. The van der Waals surface area contributed by atoms with Crippen LogP contribution in [0.15, 0.2) is 16.8 Å². The number of halogens is 1. The number of thiazole rings is 1. The molecule has 2 aromatic rings. The van der Waals surface area contributed by atoms with Crippen LogP contribution in [0, 0.1) is 5.92 Å². The zero-order chi connectivity index (χ0) is 11.5. The molecule has 0 spiro atoms. The summed E-state index contributed by atoms with van der Waals surface area (Å²) in [5.41, 5.74) is 2.10. The molecule has 86 valence electrons. The Morgan fingerprint density at radius 3 is 2.81 bits per heavy atom. The van der Waals surface area contributed by atoms with Crippen LogP contribution in [0.4, 0.5) is 5.13 Å². The van der Waals surface area contributed by atoms with Gasteiger partial charge in [-0.25, -0.2) is 4.98 Å². The Morgan fingerprint density at radius 1 is 1.38 bits per heavy atom. The van der Waals surface area contributed by atoms with Crippen molar-refractivity contribution in [3.8, 4) is 11.3 Å². The largest absolute Gasteiger partial charge is 0.361 e. The third kappa shape index (κ3) is 2.97. The first-order chi connectivity index (χ1) is 7.65. The van der Waals surface area contributed by atoms with Crippen molar-refractivity contribution in [1.29, 1.82) is 0 Å². The molecule has 0 aliphatic rings. The maximum Gasteiger partial charge on any atom is 0.183 e. The summed E-state index contributed by atoms with van der Waals surface area (Å²) in [6, 6.07) is 1.95. The van der Waals surface area contributed by atoms with E-state index in [9.17, 15) is 0 Å². The van der Waals surface area contributed by atoms with Crippen molar-refractivity contribution in [3.05, 3.63) is 21.2 Å². The first kappa shape index (κ1) is 11.9. The highest BCUT2D eigenvalue weighted by molar-refractivity contribution is 7.15. The molecular weight excluding hydrogens is 260 g/mol. The molecule has 0 saturated carbocycles. The van der Waals surface area contributed by atoms with E-state index >= 15 is 0 Å². The maximum absolute atomic E-state index is 5.90. The van der Waals surface area contributed by atoms with Gasteiger partial charge in [-0.15, -0.1) is 22.7 Å². The summed E-state index contributed by atoms with van der Waals surface area (Å²) in [7, 11) is 0. The predicted octanol–water partition coefficient (Wildman–Crippen LogP) is 4.59. The molecule has 0 aliphatic carbocycles. The summed E-state index contributed by atoms with van der Waals surface area (Å²) in [5.74, 6) is 0.628. The van der Waals surface area contributed by atoms with E-state index in [0.29, 0.717) is 5.92 Å². The molecule has 0 bridgehead atoms. The smallest absolute Gasteiger partial charge is 0.183 e. The SMILES string of the molecule is CC(C)CNc1nc(-c2csc(Cl)c2)cs1. The summed E-state index contributed by atoms with van der Waals surface area (Å²) in [6.45, 7) is 5.32. The molecule has 2 aromatic heterocycles. The molecule has 2 nitrogen and oxygen atoms in total. The van der Waals surface area contributed by atoms with Gasteiger partial charge in [0, 0.05) is 22.9 Å². The van der Waals surface area contributed by atoms with E-state index in [1.54, 1.807) is 11.3 Å². The van der Waals surface area contributed by atoms with E-state index in [-0.39, 0.29) is 0 Å². The number of hydrogen-bond donors (Lipinski definition) is 1. The fourth-order valence-corrected chi connectivity index (χ4v) is 2.83. The van der Waals surface area contributed by atoms with Crippen LogP contribution in [-0.2, 0) is 0 Å². The van der Waals surface area contributed by atoms with Gasteiger partial charge in [-0.2, -0.15) is 0 Å². The first-order valence-corrected chi connectivity index (χ1v) is 7.22. The maximum atomic E-state index is 5.90. The molecule has 0 aromatic carbocycles. The van der Waals surface area contributed by atoms with Gasteiger partial charge in [0.1, 0.15) is 0 Å². The van der Waals surface area contributed by atoms with Crippen LogP contribution in [0.25, 0.3) is 11.3 Å². The standard InChI is InChI=1S/C11H13ClN2S2/c1-7(2)4-13-11-14-9(6-16-11)8-3-10(12)15-5-8/h3,5-7H,4H2,1-2H3,(H,13,14). The minimum Gasteiger partial charge on any atom is -0.361 e. The molecule has 1 N–H and O–H groups in total. The van der Waals surface area contributed by atoms with Crippen LogP contribution in [-0.4, -0.2) is 11.5 Å². The lowest BCUT2D eigenvalue weighted by molar-refractivity contribution is 0.688. The van der Waals surface area contributed by atoms with Gasteiger partial charge >= 0.3 is 0 Å². The van der Waals surface area contributed by atoms with Crippen molar-refractivity contribution in [1.82, 2.24) is 4.98 Å². The van der Waals surface area contributed by atoms with E-state index in [4.69, 9.17) is 11.6 Å². The summed E-state index contributed by atoms with van der Waals surface area (Å²) >= 11 is 9.07. The van der Waals surface area contributed by atoms with Gasteiger partial charge in [0.25, 0.3) is 0 Å². The molecule has 2 rings (SSSR count). The molecular formula is C11H13ClN2S2. The van der Waals surface area contributed by atoms with Crippen LogP contribution in [0.3, 0.4) is 0 Å². The van der Waals surface area contributed by atoms with Crippen LogP contribution in [0.5, 0.6) is 0 Å². The number of nitrogens with zero attached hydrogens (tertiary/aromatic N) is 1. The first-order valence-electron chi connectivity index (χ1n) is 5.09. The molecule has 0 amide bonds. The lowest BCUT2D eigenvalue weighted by atomic mass is 10.2. The normalized spacial score (nSPS) is 11.0. The number of nitrogens with one attached hydrogen (secondary N) is 1. The topological polar surface area (TPSA) is 24.9 Å². The third-order valence-electron chi connectivity index (χ3n) is 2.03. The Balaban J connectivity index is 2.07. The van der Waals surface area contributed by atoms with E-state index in [1.807, 2.05) is 11.4 Å². The van der Waals surface area contributed by atoms with Crippen LogP contribution in [0.2, 0.25) is 4.34 Å². The molecule has 0 saturated heterocycles. The molecule has 0 fully saturated rings. The zero-order valence-corrected chi connectivity index (χ0v) is 11.5. The lowest BCUT2D eigenvalue weighted by Gasteiger charge is -2.04. The van der Waals surface area contributed by atoms with Crippen molar-refractivity contribution in [2.24, 2.45) is 5.92 Å². The fraction of sp³-hybridized carbons (Fsp3) is 0.364. The Labute approximate surface area is 108 Å². The molecule has 0 aliphatic heterocycles. The Morgan fingerprint density at radius 2 is 2.19 bits per heavy atom. The van der Waals surface area contributed by atoms with E-state index in [2.05, 4.69) is 29.5 Å². The highest BCUT2D eigenvalue weighted by Crippen LogP contribution is 2.30. The number of hydrogen-bond acceptors (Lipinski definition) is 4. The van der Waals surface area contributed by atoms with E-state index < -0.39 is 0 Å². The number of aromatic nitrogens is 1. The van der Waals surface area contributed by atoms with Crippen LogP contribution < -0.4 is 5.32 Å². The molecule has 0 atom stereocenters. The molecule has 0 radical (unpaired) electrons. The van der Waals surface area contributed by atoms with Crippen molar-refractivity contribution >= 4 is 39.4 Å². The van der Waals surface area contributed by atoms with Gasteiger partial charge in [-0.1, -0.05) is 25.4 Å². The average Bonchev–Trinajstić information content (AvgIpc) is 2.83. The summed E-state index contributed by atoms with van der Waals surface area (Å²) in [4.78, 5) is 4.52. The summed E-state index contributed by atoms with van der Waals surface area (Å²) in [5, 5.41) is 8.38. The second-order valence-electron chi connectivity index (χ2n) is 3.95. The van der Waals surface area contributed by atoms with Crippen molar-refractivity contribution < 1.29 is 0 Å². The second kappa shape index (κ2) is 5.17. The third-order valence-corrected chi connectivity index (χ3v) is 3.92. The Kier molecular flexibility index (Phi) is 3.84. The summed E-state index contributed by atoms with van der Waals surface area (Å²) in [6.07, 6.45) is 0. The van der Waals surface area contributed by atoms with Crippen LogP contribution in [0.1, 0.15) is 13.8 Å². The zero-order valence-electron chi connectivity index (χ0n) is 9.16. The van der Waals surface area contributed by atoms with Crippen molar-refractivity contribution in [2.75, 3.05) is 11.9 Å². The van der Waals surface area contributed by atoms with Gasteiger partial charge in [-0.05, 0) is 12.0 Å². The van der Waals surface area contributed by atoms with Gasteiger partial charge in [0.05, 0.1) is 10.0 Å². The molecule has 16 heavy (non-hydrogen) atoms. The average molecular weight is 273 g/mol. The molecule has 0 unspecified atom stereocenters. The van der Waals surface area contributed by atoms with Gasteiger partial charge in [0.2, 0.25) is 0 Å². The van der Waals surface area contributed by atoms with Crippen molar-refractivity contribution in [3.63, 3.8) is 0 Å². The summed E-state index contributed by atoms with van der Waals surface area (Å²) < 4.78 is 0.805. The van der Waals surface area contributed by atoms with Crippen molar-refractivity contribution in [2.45, 2.75) is 13.8 Å². The lowest BCUT2D eigenvalue weighted by Crippen LogP contribution is -2.07. The van der Waals surface area contributed by atoms with Gasteiger partial charge in [-0.3, -0.25) is 0 Å². The monoisotopic (exact) mass is 272 g/mol. The van der Waals surface area contributed by atoms with Gasteiger partial charge in [0.15, 0.2) is 5.13 Å². The molecule has 2 heterocycles. The fourth-order valence-electron chi connectivity index (χ4n) is 1.22. The predicted molar refractivity (Wildman–Crippen MR) is 73.8 cm³/mol. The van der Waals surface area contributed by atoms with E-state index in [0.717, 1.165) is 27.3 Å². The van der Waals surface area contributed by atoms with Crippen LogP contribution >= 0.6 is 34.3 Å². The number of rotatable bonds is 4. The Hall–Kier alpha value is -0.580. The number of anilines is 1. The highest BCUT2D eigenvalue weighted by Gasteiger charge is 2.06. The van der Waals surface area contributed by atoms with E-state index in [1.165, 1.54) is 11.3 Å². The molecule has 5 heteroatoms. The quantitative estimate of drug-likeness (QED) is 0.880. The minimum atomic E-state index is 0.628. The second-order valence-corrected chi connectivity index (χ2v) is 6.35. The number of thiophene rings is 1. The van der Waals surface area contributed by atoms with Gasteiger partial charge < -0.3 is 5.32 Å².